The molecule has 0 aromatic rings. The second kappa shape index (κ2) is 5.77. The molecule has 4 rings (SSSR count). The summed E-state index contributed by atoms with van der Waals surface area (Å²) < 4.78 is 0. The molecule has 0 heterocycles. The first-order valence-corrected chi connectivity index (χ1v) is 10.2. The Hall–Kier alpha value is -0.450. The van der Waals surface area contributed by atoms with E-state index in [1.165, 1.54) is 0 Å². The molecular weight excluding hydrogens is 316 g/mol. The first-order chi connectivity index (χ1) is 11.7. The molecule has 4 aliphatic rings. The van der Waals surface area contributed by atoms with E-state index in [1.807, 2.05) is 0 Å². The van der Waals surface area contributed by atoms with Gasteiger partial charge in [0.15, 0.2) is 0 Å². The maximum atomic E-state index is 12.2. The zero-order chi connectivity index (χ0) is 18.1. The molecule has 4 fully saturated rings. The van der Waals surface area contributed by atoms with Crippen LogP contribution in [0.1, 0.15) is 65.7 Å². The number of hydrogen-bond acceptors (Lipinski definition) is 4. The third-order valence-corrected chi connectivity index (χ3v) is 9.07. The molecule has 3 N–H and O–H groups in total. The van der Waals surface area contributed by atoms with Crippen molar-refractivity contribution in [3.05, 3.63) is 0 Å². The van der Waals surface area contributed by atoms with E-state index in [2.05, 4.69) is 13.8 Å². The highest BCUT2D eigenvalue weighted by Gasteiger charge is 2.65. The predicted octanol–water partition coefficient (Wildman–Crippen LogP) is 2.54. The summed E-state index contributed by atoms with van der Waals surface area (Å²) >= 11 is 0. The van der Waals surface area contributed by atoms with Crippen molar-refractivity contribution in [1.82, 2.24) is 0 Å². The number of hydrogen-bond donors (Lipinski definition) is 3. The molecule has 0 spiro atoms. The van der Waals surface area contributed by atoms with Crippen molar-refractivity contribution in [2.24, 2.45) is 40.4 Å². The minimum atomic E-state index is -0.401. The van der Waals surface area contributed by atoms with Crippen molar-refractivity contribution in [3.8, 4) is 0 Å². The summed E-state index contributed by atoms with van der Waals surface area (Å²) in [6.45, 7) is 6.15. The van der Waals surface area contributed by atoms with E-state index >= 15 is 0 Å². The lowest BCUT2D eigenvalue weighted by molar-refractivity contribution is -0.207. The number of aliphatic hydroxyl groups excluding tert-OH is 3. The third kappa shape index (κ3) is 2.40. The summed E-state index contributed by atoms with van der Waals surface area (Å²) in [4.78, 5) is 12.2. The van der Waals surface area contributed by atoms with E-state index < -0.39 is 12.2 Å². The average molecular weight is 350 g/mol. The predicted molar refractivity (Wildman–Crippen MR) is 94.7 cm³/mol. The average Bonchev–Trinajstić information content (AvgIpc) is 2.85. The topological polar surface area (TPSA) is 77.8 Å². The van der Waals surface area contributed by atoms with Crippen LogP contribution in [0.3, 0.4) is 0 Å². The smallest absolute Gasteiger partial charge is 0.133 e. The summed E-state index contributed by atoms with van der Waals surface area (Å²) in [6.07, 6.45) is 4.61. The third-order valence-electron chi connectivity index (χ3n) is 9.07. The molecule has 0 aliphatic heterocycles. The number of fused-ring (bicyclic) bond motifs is 5. The van der Waals surface area contributed by atoms with E-state index in [-0.39, 0.29) is 40.5 Å². The van der Waals surface area contributed by atoms with Gasteiger partial charge in [-0.2, -0.15) is 0 Å². The molecule has 10 atom stereocenters. The molecule has 0 amide bonds. The maximum absolute atomic E-state index is 12.2. The number of Topliss-reactive ketones (excluding diaryl/α,β-unsaturated/α-hetero) is 1. The van der Waals surface area contributed by atoms with Crippen LogP contribution in [0, 0.1) is 40.4 Å². The quantitative estimate of drug-likeness (QED) is 0.679. The highest BCUT2D eigenvalue weighted by atomic mass is 16.3. The highest BCUT2D eigenvalue weighted by Crippen LogP contribution is 2.67. The fourth-order valence-electron chi connectivity index (χ4n) is 8.08. The Bertz CT molecular complexity index is 562. The summed E-state index contributed by atoms with van der Waals surface area (Å²) in [6, 6.07) is 0. The van der Waals surface area contributed by atoms with Gasteiger partial charge in [0.1, 0.15) is 5.78 Å². The van der Waals surface area contributed by atoms with Gasteiger partial charge >= 0.3 is 0 Å². The summed E-state index contributed by atoms with van der Waals surface area (Å²) in [5.41, 5.74) is -0.222. The first-order valence-electron chi connectivity index (χ1n) is 10.2. The number of rotatable bonds is 1. The second-order valence-electron chi connectivity index (χ2n) is 10.2. The molecule has 4 saturated carbocycles. The second-order valence-corrected chi connectivity index (χ2v) is 10.2. The zero-order valence-corrected chi connectivity index (χ0v) is 15.8. The van der Waals surface area contributed by atoms with Crippen molar-refractivity contribution in [1.29, 1.82) is 0 Å². The Morgan fingerprint density at radius 2 is 1.64 bits per heavy atom. The molecule has 0 saturated heterocycles. The number of carbonyl (C=O) groups is 1. The molecule has 0 aromatic heterocycles. The number of ketones is 1. The van der Waals surface area contributed by atoms with Gasteiger partial charge in [0.05, 0.1) is 18.3 Å². The standard InChI is InChI=1S/C21H34O4/c1-11(22)14-4-5-15-13-9-17(24)16-8-12(23)6-7-20(16,2)19(13)18(25)10-21(14,15)3/h12-19,23-25H,4-10H2,1-3H3. The van der Waals surface area contributed by atoms with Gasteiger partial charge in [-0.1, -0.05) is 13.8 Å². The first kappa shape index (κ1) is 17.9. The number of carbonyl (C=O) groups excluding carboxylic acids is 1. The van der Waals surface area contributed by atoms with Crippen molar-refractivity contribution in [3.63, 3.8) is 0 Å². The van der Waals surface area contributed by atoms with Gasteiger partial charge in [0, 0.05) is 5.92 Å². The minimum absolute atomic E-state index is 0.0592. The number of aliphatic hydroxyl groups is 3. The zero-order valence-electron chi connectivity index (χ0n) is 15.8. The lowest BCUT2D eigenvalue weighted by Gasteiger charge is -2.63. The van der Waals surface area contributed by atoms with Gasteiger partial charge in [-0.05, 0) is 86.4 Å². The normalized spacial score (nSPS) is 58.2. The molecule has 25 heavy (non-hydrogen) atoms. The van der Waals surface area contributed by atoms with Crippen molar-refractivity contribution in [2.45, 2.75) is 84.0 Å². The largest absolute Gasteiger partial charge is 0.393 e. The molecular formula is C21H34O4. The van der Waals surface area contributed by atoms with Crippen molar-refractivity contribution < 1.29 is 20.1 Å². The molecule has 0 bridgehead atoms. The molecule has 4 nitrogen and oxygen atoms in total. The van der Waals surface area contributed by atoms with Crippen LogP contribution in [0.25, 0.3) is 0 Å². The van der Waals surface area contributed by atoms with Crippen molar-refractivity contribution >= 4 is 5.78 Å². The van der Waals surface area contributed by atoms with Crippen LogP contribution in [0.2, 0.25) is 0 Å². The van der Waals surface area contributed by atoms with E-state index in [1.54, 1.807) is 6.92 Å². The molecule has 10 unspecified atom stereocenters. The van der Waals surface area contributed by atoms with Gasteiger partial charge in [-0.25, -0.2) is 0 Å². The van der Waals surface area contributed by atoms with E-state index in [4.69, 9.17) is 0 Å². The van der Waals surface area contributed by atoms with Crippen LogP contribution in [-0.4, -0.2) is 39.4 Å². The minimum Gasteiger partial charge on any atom is -0.393 e. The van der Waals surface area contributed by atoms with E-state index in [9.17, 15) is 20.1 Å². The van der Waals surface area contributed by atoms with E-state index in [0.717, 1.165) is 32.1 Å². The Balaban J connectivity index is 1.71. The highest BCUT2D eigenvalue weighted by molar-refractivity contribution is 5.79. The van der Waals surface area contributed by atoms with Crippen LogP contribution < -0.4 is 0 Å². The van der Waals surface area contributed by atoms with Gasteiger partial charge in [-0.3, -0.25) is 4.79 Å². The van der Waals surface area contributed by atoms with E-state index in [0.29, 0.717) is 24.7 Å². The van der Waals surface area contributed by atoms with Crippen LogP contribution >= 0.6 is 0 Å². The Kier molecular flexibility index (Phi) is 4.14. The molecule has 4 aliphatic carbocycles. The van der Waals surface area contributed by atoms with Crippen LogP contribution in [0.5, 0.6) is 0 Å². The van der Waals surface area contributed by atoms with Gasteiger partial charge in [0.25, 0.3) is 0 Å². The van der Waals surface area contributed by atoms with Gasteiger partial charge < -0.3 is 15.3 Å². The van der Waals surface area contributed by atoms with Crippen LogP contribution in [0.4, 0.5) is 0 Å². The fourth-order valence-corrected chi connectivity index (χ4v) is 8.08. The Morgan fingerprint density at radius 1 is 0.920 bits per heavy atom. The van der Waals surface area contributed by atoms with Gasteiger partial charge in [0.2, 0.25) is 0 Å². The molecule has 0 radical (unpaired) electrons. The lowest BCUT2D eigenvalue weighted by atomic mass is 9.43. The summed E-state index contributed by atoms with van der Waals surface area (Å²) in [5.74, 6) is 1.32. The SMILES string of the molecule is CC(=O)C1CCC2C3CC(O)C4CC(O)CCC4(C)C3C(O)CC12C. The van der Waals surface area contributed by atoms with Crippen LogP contribution in [0.15, 0.2) is 0 Å². The Labute approximate surface area is 151 Å². The lowest BCUT2D eigenvalue weighted by Crippen LogP contribution is -2.62. The molecule has 0 aromatic carbocycles. The summed E-state index contributed by atoms with van der Waals surface area (Å²) in [5, 5.41) is 32.3. The summed E-state index contributed by atoms with van der Waals surface area (Å²) in [7, 11) is 0. The van der Waals surface area contributed by atoms with Crippen molar-refractivity contribution in [2.75, 3.05) is 0 Å². The Morgan fingerprint density at radius 3 is 2.32 bits per heavy atom. The fraction of sp³-hybridized carbons (Fsp3) is 0.952. The maximum Gasteiger partial charge on any atom is 0.133 e. The monoisotopic (exact) mass is 350 g/mol. The van der Waals surface area contributed by atoms with Gasteiger partial charge in [-0.15, -0.1) is 0 Å². The molecule has 4 heteroatoms. The molecule has 142 valence electrons. The van der Waals surface area contributed by atoms with Crippen LogP contribution in [-0.2, 0) is 4.79 Å².